The van der Waals surface area contributed by atoms with E-state index in [1.165, 1.54) is 0 Å². The minimum atomic E-state index is -0.566. The van der Waals surface area contributed by atoms with E-state index in [1.54, 1.807) is 9.80 Å². The minimum absolute atomic E-state index is 0.0159. The molecule has 2 aromatic rings. The Bertz CT molecular complexity index is 1280. The zero-order chi connectivity index (χ0) is 33.7. The second-order valence-electron chi connectivity index (χ2n) is 13.7. The summed E-state index contributed by atoms with van der Waals surface area (Å²) in [5.41, 5.74) is 15.8. The molecule has 12 heteroatoms. The zero-order valence-electron chi connectivity index (χ0n) is 28.0. The Morgan fingerprint density at radius 2 is 1.22 bits per heavy atom. The number of hydrogen-bond donors (Lipinski definition) is 1. The lowest BCUT2D eigenvalue weighted by molar-refractivity contribution is 0.00802. The molecule has 0 aliphatic carbocycles. The van der Waals surface area contributed by atoms with Gasteiger partial charge in [0.25, 0.3) is 0 Å². The Hall–Kier alpha value is -3.83. The molecule has 2 aliphatic heterocycles. The smallest absolute Gasteiger partial charge is 0.410 e. The number of carbonyl (C=O) groups excluding carboxylic acids is 2. The van der Waals surface area contributed by atoms with Gasteiger partial charge in [-0.3, -0.25) is 0 Å². The van der Waals surface area contributed by atoms with E-state index >= 15 is 0 Å². The van der Waals surface area contributed by atoms with Crippen molar-refractivity contribution in [2.45, 2.75) is 103 Å². The van der Waals surface area contributed by atoms with Crippen molar-refractivity contribution < 1.29 is 28.5 Å². The van der Waals surface area contributed by atoms with Crippen LogP contribution < -0.4 is 5.73 Å². The molecule has 0 radical (unpaired) electrons. The average Bonchev–Trinajstić information content (AvgIpc) is 3.56. The summed E-state index contributed by atoms with van der Waals surface area (Å²) in [7, 11) is 0. The Balaban J connectivity index is 0.000000251. The second kappa shape index (κ2) is 17.2. The predicted molar refractivity (Wildman–Crippen MR) is 176 cm³/mol. The van der Waals surface area contributed by atoms with Crippen LogP contribution in [-0.2, 0) is 32.2 Å². The second-order valence-corrected chi connectivity index (χ2v) is 13.7. The first-order chi connectivity index (χ1) is 21.7. The van der Waals surface area contributed by atoms with Gasteiger partial charge in [-0.25, -0.2) is 9.59 Å². The molecule has 4 atom stereocenters. The lowest BCUT2D eigenvalue weighted by Crippen LogP contribution is -2.42. The fourth-order valence-electron chi connectivity index (χ4n) is 5.18. The molecule has 2 saturated heterocycles. The van der Waals surface area contributed by atoms with Crippen LogP contribution in [0.25, 0.3) is 10.4 Å². The fourth-order valence-corrected chi connectivity index (χ4v) is 5.18. The van der Waals surface area contributed by atoms with Gasteiger partial charge in [0.1, 0.15) is 11.2 Å². The Morgan fingerprint density at radius 1 is 0.783 bits per heavy atom. The predicted octanol–water partition coefficient (Wildman–Crippen LogP) is 6.43. The van der Waals surface area contributed by atoms with Gasteiger partial charge < -0.3 is 34.5 Å². The number of nitrogens with two attached hydrogens (primary N) is 1. The lowest BCUT2D eigenvalue weighted by Gasteiger charge is -2.28. The van der Waals surface area contributed by atoms with Crippen molar-refractivity contribution >= 4 is 12.2 Å². The summed E-state index contributed by atoms with van der Waals surface area (Å²) in [5, 5.41) is 3.74. The fraction of sp³-hybridized carbons (Fsp3) is 0.588. The van der Waals surface area contributed by atoms with Crippen molar-refractivity contribution in [3.05, 3.63) is 82.2 Å². The van der Waals surface area contributed by atoms with Gasteiger partial charge in [0.05, 0.1) is 44.6 Å². The Labute approximate surface area is 272 Å². The molecule has 12 nitrogen and oxygen atoms in total. The lowest BCUT2D eigenvalue weighted by atomic mass is 10.2. The summed E-state index contributed by atoms with van der Waals surface area (Å²) in [6.45, 7) is 13.8. The average molecular weight is 639 g/mol. The molecule has 0 aromatic heterocycles. The van der Waals surface area contributed by atoms with Crippen molar-refractivity contribution in [1.82, 2.24) is 9.80 Å². The Morgan fingerprint density at radius 3 is 1.65 bits per heavy atom. The van der Waals surface area contributed by atoms with E-state index in [1.807, 2.05) is 102 Å². The monoisotopic (exact) mass is 638 g/mol. The summed E-state index contributed by atoms with van der Waals surface area (Å²) >= 11 is 0. The Kier molecular flexibility index (Phi) is 13.7. The third kappa shape index (κ3) is 12.9. The summed E-state index contributed by atoms with van der Waals surface area (Å²) in [6.07, 6.45) is 0.617. The normalized spacial score (nSPS) is 21.2. The number of nitrogens with zero attached hydrogens (tertiary/aromatic N) is 5. The third-order valence-corrected chi connectivity index (χ3v) is 7.15. The summed E-state index contributed by atoms with van der Waals surface area (Å²) in [5.74, 6) is 0. The van der Waals surface area contributed by atoms with Crippen molar-refractivity contribution in [3.8, 4) is 0 Å². The van der Waals surface area contributed by atoms with Crippen molar-refractivity contribution in [3.63, 3.8) is 0 Å². The first-order valence-electron chi connectivity index (χ1n) is 15.8. The molecular formula is C34H50N6O6. The number of benzene rings is 2. The minimum Gasteiger partial charge on any atom is -0.444 e. The van der Waals surface area contributed by atoms with Crippen LogP contribution in [0.15, 0.2) is 65.8 Å². The molecule has 2 fully saturated rings. The number of rotatable bonds is 9. The standard InChI is InChI=1S/C17H24N4O3.C17H26N2O3/c1-17(2,3)24-16(22)21-10-14(19-20-18)9-15(21)12-23-11-13-7-5-4-6-8-13;1-17(2,3)22-16(20)19-10-14(18)9-15(19)12-21-11-13-7-5-4-6-8-13/h4-8,14-15H,9-12H2,1-3H3;4-8,14-15H,9-12,18H2,1-3H3/t14?,15-;14-,15+/m01/s1. The van der Waals surface area contributed by atoms with Crippen LogP contribution in [0.2, 0.25) is 0 Å². The van der Waals surface area contributed by atoms with Gasteiger partial charge >= 0.3 is 12.2 Å². The van der Waals surface area contributed by atoms with Gasteiger partial charge in [0.15, 0.2) is 0 Å². The molecule has 2 N–H and O–H groups in total. The zero-order valence-corrected chi connectivity index (χ0v) is 28.0. The number of likely N-dealkylation sites (tertiary alicyclic amines) is 2. The summed E-state index contributed by atoms with van der Waals surface area (Å²) in [4.78, 5) is 30.8. The van der Waals surface area contributed by atoms with Crippen LogP contribution in [0.3, 0.4) is 0 Å². The van der Waals surface area contributed by atoms with E-state index in [2.05, 4.69) is 10.0 Å². The van der Waals surface area contributed by atoms with Crippen LogP contribution in [0, 0.1) is 0 Å². The molecule has 1 unspecified atom stereocenters. The number of amides is 2. The van der Waals surface area contributed by atoms with Crippen LogP contribution in [-0.4, -0.2) is 83.7 Å². The molecule has 0 saturated carbocycles. The maximum atomic E-state index is 12.4. The molecule has 252 valence electrons. The van der Waals surface area contributed by atoms with E-state index in [0.717, 1.165) is 17.5 Å². The number of hydrogen-bond acceptors (Lipinski definition) is 8. The van der Waals surface area contributed by atoms with E-state index in [4.69, 9.17) is 30.2 Å². The molecular weight excluding hydrogens is 588 g/mol. The summed E-state index contributed by atoms with van der Waals surface area (Å²) in [6, 6.07) is 19.4. The highest BCUT2D eigenvalue weighted by Gasteiger charge is 2.38. The summed E-state index contributed by atoms with van der Waals surface area (Å²) < 4.78 is 22.4. The van der Waals surface area contributed by atoms with Crippen molar-refractivity contribution in [1.29, 1.82) is 0 Å². The first-order valence-corrected chi connectivity index (χ1v) is 15.8. The molecule has 0 spiro atoms. The number of carbonyl (C=O) groups is 2. The van der Waals surface area contributed by atoms with Gasteiger partial charge in [-0.1, -0.05) is 65.8 Å². The van der Waals surface area contributed by atoms with Crippen molar-refractivity contribution in [2.75, 3.05) is 26.3 Å². The molecule has 4 rings (SSSR count). The number of ether oxygens (including phenoxy) is 4. The first kappa shape index (κ1) is 36.6. The van der Waals surface area contributed by atoms with Crippen LogP contribution in [0.5, 0.6) is 0 Å². The van der Waals surface area contributed by atoms with E-state index in [0.29, 0.717) is 45.9 Å². The maximum absolute atomic E-state index is 12.4. The van der Waals surface area contributed by atoms with E-state index in [-0.39, 0.29) is 30.3 Å². The van der Waals surface area contributed by atoms with E-state index < -0.39 is 17.3 Å². The highest BCUT2D eigenvalue weighted by atomic mass is 16.6. The molecule has 2 aromatic carbocycles. The van der Waals surface area contributed by atoms with Crippen LogP contribution >= 0.6 is 0 Å². The van der Waals surface area contributed by atoms with Crippen LogP contribution in [0.1, 0.15) is 65.5 Å². The molecule has 0 bridgehead atoms. The van der Waals surface area contributed by atoms with E-state index in [9.17, 15) is 9.59 Å². The highest BCUT2D eigenvalue weighted by molar-refractivity contribution is 5.69. The largest absolute Gasteiger partial charge is 0.444 e. The van der Waals surface area contributed by atoms with Gasteiger partial charge in [-0.15, -0.1) is 0 Å². The molecule has 2 amide bonds. The molecule has 2 aliphatic rings. The SMILES string of the molecule is CC(C)(C)OC(=O)N1CC(N=[N+]=[N-])C[C@H]1COCc1ccccc1.CC(C)(C)OC(=O)N1C[C@H](N)C[C@H]1COCc1ccccc1. The molecule has 46 heavy (non-hydrogen) atoms. The van der Waals surface area contributed by atoms with Gasteiger partial charge in [0, 0.05) is 24.0 Å². The maximum Gasteiger partial charge on any atom is 0.410 e. The van der Waals surface area contributed by atoms with Gasteiger partial charge in [-0.05, 0) is 71.0 Å². The van der Waals surface area contributed by atoms with Crippen molar-refractivity contribution in [2.24, 2.45) is 10.8 Å². The van der Waals surface area contributed by atoms with Gasteiger partial charge in [-0.2, -0.15) is 0 Å². The van der Waals surface area contributed by atoms with Crippen LogP contribution in [0.4, 0.5) is 9.59 Å². The topological polar surface area (TPSA) is 152 Å². The third-order valence-electron chi connectivity index (χ3n) is 7.15. The number of azide groups is 1. The highest BCUT2D eigenvalue weighted by Crippen LogP contribution is 2.24. The molecule has 2 heterocycles. The quantitative estimate of drug-likeness (QED) is 0.189. The van der Waals surface area contributed by atoms with Gasteiger partial charge in [0.2, 0.25) is 0 Å².